The van der Waals surface area contributed by atoms with Gasteiger partial charge >= 0.3 is 0 Å². The first-order chi connectivity index (χ1) is 6.50. The van der Waals surface area contributed by atoms with E-state index in [-0.39, 0.29) is 10.6 Å². The second kappa shape index (κ2) is 4.55. The van der Waals surface area contributed by atoms with Crippen LogP contribution in [0.15, 0.2) is 22.7 Å². The lowest BCUT2D eigenvalue weighted by molar-refractivity contribution is -0.384. The molecule has 0 heterocycles. The summed E-state index contributed by atoms with van der Waals surface area (Å²) in [5.74, 6) is 0.549. The highest BCUT2D eigenvalue weighted by atomic mass is 79.9. The number of halogens is 1. The molecule has 4 heteroatoms. The van der Waals surface area contributed by atoms with Gasteiger partial charge in [0, 0.05) is 16.6 Å². The molecule has 0 spiro atoms. The zero-order valence-corrected chi connectivity index (χ0v) is 9.74. The fourth-order valence-electron chi connectivity index (χ4n) is 1.26. The van der Waals surface area contributed by atoms with Crippen LogP contribution >= 0.6 is 15.9 Å². The second-order valence-corrected chi connectivity index (χ2v) is 4.49. The lowest BCUT2D eigenvalue weighted by Crippen LogP contribution is -1.96. The predicted molar refractivity (Wildman–Crippen MR) is 59.3 cm³/mol. The van der Waals surface area contributed by atoms with Crippen LogP contribution in [0.1, 0.15) is 19.4 Å². The van der Waals surface area contributed by atoms with Gasteiger partial charge in [-0.15, -0.1) is 0 Å². The summed E-state index contributed by atoms with van der Waals surface area (Å²) in [5, 5.41) is 10.5. The molecule has 76 valence electrons. The molecule has 0 amide bonds. The third kappa shape index (κ3) is 2.80. The Bertz CT molecular complexity index is 350. The summed E-state index contributed by atoms with van der Waals surface area (Å²) in [7, 11) is 0. The minimum absolute atomic E-state index is 0.129. The van der Waals surface area contributed by atoms with Gasteiger partial charge in [-0.1, -0.05) is 35.8 Å². The molecule has 1 rings (SSSR count). The molecule has 0 aliphatic heterocycles. The van der Waals surface area contributed by atoms with Crippen molar-refractivity contribution in [2.24, 2.45) is 5.92 Å². The Morgan fingerprint density at radius 2 is 2.14 bits per heavy atom. The molecular formula is C10H12BrNO2. The number of nitro groups is 1. The minimum atomic E-state index is -0.385. The van der Waals surface area contributed by atoms with Gasteiger partial charge in [0.2, 0.25) is 0 Å². The molecule has 0 N–H and O–H groups in total. The molecule has 0 radical (unpaired) electrons. The van der Waals surface area contributed by atoms with Crippen molar-refractivity contribution in [2.75, 3.05) is 0 Å². The Balaban J connectivity index is 2.95. The zero-order valence-electron chi connectivity index (χ0n) is 8.16. The first-order valence-electron chi connectivity index (χ1n) is 4.43. The van der Waals surface area contributed by atoms with Crippen molar-refractivity contribution in [1.82, 2.24) is 0 Å². The second-order valence-electron chi connectivity index (χ2n) is 3.63. The van der Waals surface area contributed by atoms with E-state index in [2.05, 4.69) is 29.8 Å². The number of non-ortho nitro benzene ring substituents is 1. The Morgan fingerprint density at radius 1 is 1.50 bits per heavy atom. The number of hydrogen-bond acceptors (Lipinski definition) is 2. The van der Waals surface area contributed by atoms with Crippen LogP contribution in [0.3, 0.4) is 0 Å². The highest BCUT2D eigenvalue weighted by Crippen LogP contribution is 2.24. The average Bonchev–Trinajstić information content (AvgIpc) is 2.07. The lowest BCUT2D eigenvalue weighted by Gasteiger charge is -2.06. The maximum atomic E-state index is 10.5. The fraction of sp³-hybridized carbons (Fsp3) is 0.400. The zero-order chi connectivity index (χ0) is 10.7. The van der Waals surface area contributed by atoms with Crippen molar-refractivity contribution >= 4 is 21.6 Å². The summed E-state index contributed by atoms with van der Waals surface area (Å²) in [6.07, 6.45) is 0.929. The molecule has 1 aromatic rings. The van der Waals surface area contributed by atoms with E-state index in [1.165, 1.54) is 0 Å². The van der Waals surface area contributed by atoms with E-state index in [1.807, 2.05) is 6.07 Å². The molecule has 0 unspecified atom stereocenters. The molecule has 0 aliphatic carbocycles. The summed E-state index contributed by atoms with van der Waals surface area (Å²) < 4.78 is 0.820. The first kappa shape index (κ1) is 11.2. The van der Waals surface area contributed by atoms with Crippen LogP contribution in [-0.2, 0) is 6.42 Å². The molecule has 0 bridgehead atoms. The van der Waals surface area contributed by atoms with Crippen molar-refractivity contribution in [3.8, 4) is 0 Å². The van der Waals surface area contributed by atoms with Crippen molar-refractivity contribution in [1.29, 1.82) is 0 Å². The number of rotatable bonds is 3. The number of benzene rings is 1. The van der Waals surface area contributed by atoms with Crippen molar-refractivity contribution < 1.29 is 4.92 Å². The van der Waals surface area contributed by atoms with E-state index >= 15 is 0 Å². The molecular weight excluding hydrogens is 246 g/mol. The molecule has 0 fully saturated rings. The Hall–Kier alpha value is -0.900. The van der Waals surface area contributed by atoms with Crippen LogP contribution in [0, 0.1) is 16.0 Å². The van der Waals surface area contributed by atoms with E-state index in [0.717, 1.165) is 16.5 Å². The van der Waals surface area contributed by atoms with Crippen LogP contribution in [-0.4, -0.2) is 4.92 Å². The predicted octanol–water partition coefficient (Wildman–Crippen LogP) is 3.56. The SMILES string of the molecule is CC(C)Cc1ccc([N+](=O)[O-])cc1Br. The summed E-state index contributed by atoms with van der Waals surface area (Å²) >= 11 is 3.34. The van der Waals surface area contributed by atoms with Crippen LogP contribution in [0.4, 0.5) is 5.69 Å². The summed E-state index contributed by atoms with van der Waals surface area (Å²) in [4.78, 5) is 10.1. The third-order valence-corrected chi connectivity index (χ3v) is 2.61. The van der Waals surface area contributed by atoms with Gasteiger partial charge in [0.05, 0.1) is 4.92 Å². The Morgan fingerprint density at radius 3 is 2.57 bits per heavy atom. The van der Waals surface area contributed by atoms with E-state index in [0.29, 0.717) is 5.92 Å². The summed E-state index contributed by atoms with van der Waals surface area (Å²) in [6.45, 7) is 4.24. The van der Waals surface area contributed by atoms with Crippen molar-refractivity contribution in [3.63, 3.8) is 0 Å². The Kier molecular flexibility index (Phi) is 3.63. The molecule has 0 aromatic heterocycles. The standard InChI is InChI=1S/C10H12BrNO2/c1-7(2)5-8-3-4-9(12(13)14)6-10(8)11/h3-4,6-7H,5H2,1-2H3. The smallest absolute Gasteiger partial charge is 0.258 e. The quantitative estimate of drug-likeness (QED) is 0.614. The van der Waals surface area contributed by atoms with Crippen molar-refractivity contribution in [2.45, 2.75) is 20.3 Å². The van der Waals surface area contributed by atoms with E-state index in [9.17, 15) is 10.1 Å². The molecule has 1 aromatic carbocycles. The van der Waals surface area contributed by atoms with Gasteiger partial charge in [-0.2, -0.15) is 0 Å². The number of nitrogens with zero attached hydrogens (tertiary/aromatic N) is 1. The highest BCUT2D eigenvalue weighted by molar-refractivity contribution is 9.10. The molecule has 0 atom stereocenters. The van der Waals surface area contributed by atoms with Gasteiger partial charge in [-0.3, -0.25) is 10.1 Å². The normalized spacial score (nSPS) is 10.6. The topological polar surface area (TPSA) is 43.1 Å². The molecule has 0 aliphatic rings. The molecule has 14 heavy (non-hydrogen) atoms. The maximum Gasteiger partial charge on any atom is 0.270 e. The van der Waals surface area contributed by atoms with Gasteiger partial charge in [-0.25, -0.2) is 0 Å². The van der Waals surface area contributed by atoms with Crippen LogP contribution in [0.5, 0.6) is 0 Å². The largest absolute Gasteiger partial charge is 0.270 e. The Labute approximate surface area is 91.4 Å². The average molecular weight is 258 g/mol. The minimum Gasteiger partial charge on any atom is -0.258 e. The van der Waals surface area contributed by atoms with Gasteiger partial charge in [0.15, 0.2) is 0 Å². The summed E-state index contributed by atoms with van der Waals surface area (Å²) in [5.41, 5.74) is 1.25. The fourth-order valence-corrected chi connectivity index (χ4v) is 1.78. The van der Waals surface area contributed by atoms with Gasteiger partial charge in [0.25, 0.3) is 5.69 Å². The molecule has 0 saturated carbocycles. The van der Waals surface area contributed by atoms with Crippen molar-refractivity contribution in [3.05, 3.63) is 38.3 Å². The van der Waals surface area contributed by atoms with E-state index in [4.69, 9.17) is 0 Å². The number of nitro benzene ring substituents is 1. The van der Waals surface area contributed by atoms with Gasteiger partial charge < -0.3 is 0 Å². The monoisotopic (exact) mass is 257 g/mol. The van der Waals surface area contributed by atoms with Gasteiger partial charge in [-0.05, 0) is 17.9 Å². The highest BCUT2D eigenvalue weighted by Gasteiger charge is 2.09. The van der Waals surface area contributed by atoms with Crippen LogP contribution in [0.2, 0.25) is 0 Å². The number of hydrogen-bond donors (Lipinski definition) is 0. The lowest BCUT2D eigenvalue weighted by atomic mass is 10.0. The molecule has 3 nitrogen and oxygen atoms in total. The summed E-state index contributed by atoms with van der Waals surface area (Å²) in [6, 6.07) is 4.91. The first-order valence-corrected chi connectivity index (χ1v) is 5.23. The van der Waals surface area contributed by atoms with Gasteiger partial charge in [0.1, 0.15) is 0 Å². The van der Waals surface area contributed by atoms with E-state index in [1.54, 1.807) is 12.1 Å². The van der Waals surface area contributed by atoms with Crippen LogP contribution in [0.25, 0.3) is 0 Å². The van der Waals surface area contributed by atoms with E-state index < -0.39 is 0 Å². The third-order valence-electron chi connectivity index (χ3n) is 1.88. The van der Waals surface area contributed by atoms with Crippen LogP contribution < -0.4 is 0 Å². The maximum absolute atomic E-state index is 10.5. The molecule has 0 saturated heterocycles.